The zero-order valence-corrected chi connectivity index (χ0v) is 9.15. The van der Waals surface area contributed by atoms with Crippen molar-refractivity contribution >= 4 is 0 Å². The van der Waals surface area contributed by atoms with Gasteiger partial charge >= 0.3 is 5.69 Å². The van der Waals surface area contributed by atoms with Crippen LogP contribution in [0.15, 0.2) is 15.7 Å². The molecule has 102 valence electrons. The van der Waals surface area contributed by atoms with Crippen molar-refractivity contribution in [1.29, 1.82) is 0 Å². The third kappa shape index (κ3) is 3.24. The SMILES string of the molecule is O=c1cc([C@@H](O)[C@H](O)[C@H](O)[C@H](O)CO)[nH]c(=O)[nH]1. The van der Waals surface area contributed by atoms with E-state index in [1.54, 1.807) is 0 Å². The van der Waals surface area contributed by atoms with E-state index in [0.29, 0.717) is 0 Å². The largest absolute Gasteiger partial charge is 0.394 e. The van der Waals surface area contributed by atoms with Gasteiger partial charge in [0.2, 0.25) is 0 Å². The molecule has 7 N–H and O–H groups in total. The van der Waals surface area contributed by atoms with E-state index >= 15 is 0 Å². The molecule has 0 bridgehead atoms. The lowest BCUT2D eigenvalue weighted by Crippen LogP contribution is -2.43. The van der Waals surface area contributed by atoms with Crippen LogP contribution in [0.5, 0.6) is 0 Å². The summed E-state index contributed by atoms with van der Waals surface area (Å²) in [4.78, 5) is 25.8. The molecular formula is C9H14N2O7. The Bertz CT molecular complexity index is 468. The lowest BCUT2D eigenvalue weighted by Gasteiger charge is -2.25. The average molecular weight is 262 g/mol. The highest BCUT2D eigenvalue weighted by atomic mass is 16.4. The van der Waals surface area contributed by atoms with E-state index in [1.165, 1.54) is 0 Å². The smallest absolute Gasteiger partial charge is 0.325 e. The number of aliphatic hydroxyl groups excluding tert-OH is 5. The van der Waals surface area contributed by atoms with Gasteiger partial charge in [0.25, 0.3) is 5.56 Å². The third-order valence-corrected chi connectivity index (χ3v) is 2.35. The van der Waals surface area contributed by atoms with Gasteiger partial charge in [0.15, 0.2) is 0 Å². The summed E-state index contributed by atoms with van der Waals surface area (Å²) in [5, 5.41) is 46.2. The van der Waals surface area contributed by atoms with E-state index in [1.807, 2.05) is 4.98 Å². The first-order chi connectivity index (χ1) is 8.36. The minimum absolute atomic E-state index is 0.319. The lowest BCUT2D eigenvalue weighted by atomic mass is 10.0. The van der Waals surface area contributed by atoms with Crippen molar-refractivity contribution in [3.63, 3.8) is 0 Å². The van der Waals surface area contributed by atoms with E-state index in [-0.39, 0.29) is 5.69 Å². The number of nitrogens with one attached hydrogen (secondary N) is 2. The van der Waals surface area contributed by atoms with Crippen molar-refractivity contribution in [3.8, 4) is 0 Å². The summed E-state index contributed by atoms with van der Waals surface area (Å²) in [5.74, 6) is 0. The number of aromatic nitrogens is 2. The van der Waals surface area contributed by atoms with Gasteiger partial charge in [0.1, 0.15) is 24.4 Å². The van der Waals surface area contributed by atoms with Gasteiger partial charge in [-0.25, -0.2) is 4.79 Å². The summed E-state index contributed by atoms with van der Waals surface area (Å²) in [6.45, 7) is -0.823. The second kappa shape index (κ2) is 5.89. The number of hydrogen-bond acceptors (Lipinski definition) is 7. The fourth-order valence-electron chi connectivity index (χ4n) is 1.35. The second-order valence-electron chi connectivity index (χ2n) is 3.72. The van der Waals surface area contributed by atoms with Crippen LogP contribution in [0.4, 0.5) is 0 Å². The van der Waals surface area contributed by atoms with E-state index in [4.69, 9.17) is 10.2 Å². The molecule has 0 fully saturated rings. The molecule has 1 aromatic heterocycles. The van der Waals surface area contributed by atoms with E-state index in [9.17, 15) is 24.9 Å². The molecule has 0 amide bonds. The summed E-state index contributed by atoms with van der Waals surface area (Å²) in [6.07, 6.45) is -7.18. The van der Waals surface area contributed by atoms with Gasteiger partial charge in [-0.1, -0.05) is 0 Å². The first-order valence-corrected chi connectivity index (χ1v) is 5.03. The second-order valence-corrected chi connectivity index (χ2v) is 3.72. The van der Waals surface area contributed by atoms with Crippen LogP contribution in [-0.2, 0) is 0 Å². The van der Waals surface area contributed by atoms with E-state index in [2.05, 4.69) is 4.98 Å². The molecule has 0 spiro atoms. The van der Waals surface area contributed by atoms with Crippen molar-refractivity contribution in [3.05, 3.63) is 32.6 Å². The normalized spacial score (nSPS) is 18.1. The van der Waals surface area contributed by atoms with Gasteiger partial charge in [-0.3, -0.25) is 9.78 Å². The van der Waals surface area contributed by atoms with Gasteiger partial charge in [0.05, 0.1) is 12.3 Å². The highest BCUT2D eigenvalue weighted by Gasteiger charge is 2.31. The topological polar surface area (TPSA) is 167 Å². The maximum Gasteiger partial charge on any atom is 0.325 e. The van der Waals surface area contributed by atoms with Gasteiger partial charge in [-0.2, -0.15) is 0 Å². The molecule has 9 heteroatoms. The number of H-pyrrole nitrogens is 2. The molecule has 0 saturated carbocycles. The molecule has 18 heavy (non-hydrogen) atoms. The molecule has 0 aliphatic rings. The molecule has 9 nitrogen and oxygen atoms in total. The fourth-order valence-corrected chi connectivity index (χ4v) is 1.35. The summed E-state index contributed by atoms with van der Waals surface area (Å²) in [7, 11) is 0. The Hall–Kier alpha value is -1.52. The standard InChI is InChI=1S/C9H14N2O7/c12-2-4(13)7(16)8(17)6(15)3-1-5(14)11-9(18)10-3/h1,4,6-8,12-13,15-17H,2H2,(H2,10,11,14,18)/t4-,6-,7-,8+/m1/s1. The molecule has 0 saturated heterocycles. The Balaban J connectivity index is 2.95. The average Bonchev–Trinajstić information content (AvgIpc) is 2.33. The Labute approximate surface area is 100.0 Å². The van der Waals surface area contributed by atoms with Crippen molar-refractivity contribution in [2.45, 2.75) is 24.4 Å². The van der Waals surface area contributed by atoms with Crippen LogP contribution in [0.1, 0.15) is 11.8 Å². The van der Waals surface area contributed by atoms with Gasteiger partial charge < -0.3 is 30.5 Å². The maximum atomic E-state index is 11.0. The molecular weight excluding hydrogens is 248 g/mol. The number of aliphatic hydroxyl groups is 5. The first kappa shape index (κ1) is 14.5. The van der Waals surface area contributed by atoms with Crippen LogP contribution in [0.3, 0.4) is 0 Å². The molecule has 1 rings (SSSR count). The van der Waals surface area contributed by atoms with Crippen LogP contribution in [-0.4, -0.2) is 60.4 Å². The molecule has 4 atom stereocenters. The predicted molar refractivity (Wildman–Crippen MR) is 57.7 cm³/mol. The highest BCUT2D eigenvalue weighted by Crippen LogP contribution is 2.16. The van der Waals surface area contributed by atoms with Crippen LogP contribution >= 0.6 is 0 Å². The van der Waals surface area contributed by atoms with Gasteiger partial charge in [-0.05, 0) is 0 Å². The third-order valence-electron chi connectivity index (χ3n) is 2.35. The number of rotatable bonds is 5. The van der Waals surface area contributed by atoms with E-state index in [0.717, 1.165) is 6.07 Å². The van der Waals surface area contributed by atoms with Gasteiger partial charge in [0, 0.05) is 6.07 Å². The van der Waals surface area contributed by atoms with Crippen LogP contribution in [0, 0.1) is 0 Å². The fraction of sp³-hybridized carbons (Fsp3) is 0.556. The summed E-state index contributed by atoms with van der Waals surface area (Å²) >= 11 is 0. The Kier molecular flexibility index (Phi) is 4.76. The summed E-state index contributed by atoms with van der Waals surface area (Å²) in [6, 6.07) is 0.827. The molecule has 0 aliphatic carbocycles. The molecule has 0 radical (unpaired) electrons. The maximum absolute atomic E-state index is 11.0. The van der Waals surface area contributed by atoms with Crippen molar-refractivity contribution in [2.24, 2.45) is 0 Å². The first-order valence-electron chi connectivity index (χ1n) is 5.03. The number of aromatic amines is 2. The molecule has 0 aliphatic heterocycles. The Morgan fingerprint density at radius 1 is 1.06 bits per heavy atom. The summed E-state index contributed by atoms with van der Waals surface area (Å²) < 4.78 is 0. The lowest BCUT2D eigenvalue weighted by molar-refractivity contribution is -0.117. The molecule has 1 heterocycles. The van der Waals surface area contributed by atoms with Crippen molar-refractivity contribution in [2.75, 3.05) is 6.61 Å². The zero-order valence-electron chi connectivity index (χ0n) is 9.15. The van der Waals surface area contributed by atoms with E-state index < -0.39 is 42.3 Å². The highest BCUT2D eigenvalue weighted by molar-refractivity contribution is 5.05. The summed E-state index contributed by atoms with van der Waals surface area (Å²) in [5.41, 5.74) is -2.00. The molecule has 0 unspecified atom stereocenters. The quantitative estimate of drug-likeness (QED) is 0.285. The minimum Gasteiger partial charge on any atom is -0.394 e. The monoisotopic (exact) mass is 262 g/mol. The molecule has 1 aromatic rings. The number of hydrogen-bond donors (Lipinski definition) is 7. The predicted octanol–water partition coefficient (Wildman–Crippen LogP) is -3.83. The van der Waals surface area contributed by atoms with Crippen LogP contribution in [0.25, 0.3) is 0 Å². The van der Waals surface area contributed by atoms with Gasteiger partial charge in [-0.15, -0.1) is 0 Å². The van der Waals surface area contributed by atoms with Crippen LogP contribution in [0.2, 0.25) is 0 Å². The Morgan fingerprint density at radius 3 is 2.17 bits per heavy atom. The van der Waals surface area contributed by atoms with Crippen molar-refractivity contribution < 1.29 is 25.5 Å². The minimum atomic E-state index is -1.88. The molecule has 0 aromatic carbocycles. The zero-order chi connectivity index (χ0) is 13.9. The van der Waals surface area contributed by atoms with Crippen LogP contribution < -0.4 is 11.2 Å². The Morgan fingerprint density at radius 2 is 1.67 bits per heavy atom. The van der Waals surface area contributed by atoms with Crippen molar-refractivity contribution in [1.82, 2.24) is 9.97 Å².